The number of rotatable bonds is 5. The molecule has 2 aromatic rings. The average Bonchev–Trinajstić information content (AvgIpc) is 3.17. The molecule has 3 rings (SSSR count). The Balaban J connectivity index is 1.57. The summed E-state index contributed by atoms with van der Waals surface area (Å²) in [6.45, 7) is 1.67. The Kier molecular flexibility index (Phi) is 6.00. The lowest BCUT2D eigenvalue weighted by Crippen LogP contribution is -2.51. The number of hydrogen-bond acceptors (Lipinski definition) is 7. The molecule has 1 aromatic heterocycles. The summed E-state index contributed by atoms with van der Waals surface area (Å²) in [7, 11) is -3.84. The van der Waals surface area contributed by atoms with Gasteiger partial charge >= 0.3 is 5.97 Å². The average molecular weight is 417 g/mol. The van der Waals surface area contributed by atoms with Crippen LogP contribution in [0.2, 0.25) is 0 Å². The number of hydrogen-bond donors (Lipinski definition) is 0. The van der Waals surface area contributed by atoms with Crippen LogP contribution in [0.4, 0.5) is 0 Å². The van der Waals surface area contributed by atoms with E-state index in [2.05, 4.69) is 0 Å². The fourth-order valence-corrected chi connectivity index (χ4v) is 4.56. The molecule has 29 heavy (non-hydrogen) atoms. The zero-order chi connectivity index (χ0) is 21.0. The molecule has 10 heteroatoms. The van der Waals surface area contributed by atoms with Crippen molar-refractivity contribution in [3.05, 3.63) is 53.5 Å². The van der Waals surface area contributed by atoms with Crippen LogP contribution in [0.25, 0.3) is 0 Å². The maximum Gasteiger partial charge on any atom is 0.342 e. The summed E-state index contributed by atoms with van der Waals surface area (Å²) in [5, 5.41) is 9.15. The second kappa shape index (κ2) is 8.46. The van der Waals surface area contributed by atoms with Crippen molar-refractivity contribution in [2.45, 2.75) is 11.8 Å². The number of amides is 1. The number of aryl methyl sites for hydroxylation is 1. The first kappa shape index (κ1) is 20.6. The molecule has 0 unspecified atom stereocenters. The third-order valence-electron chi connectivity index (χ3n) is 4.62. The smallest absolute Gasteiger partial charge is 0.342 e. The van der Waals surface area contributed by atoms with Gasteiger partial charge in [0.2, 0.25) is 10.0 Å². The van der Waals surface area contributed by atoms with Gasteiger partial charge in [-0.2, -0.15) is 9.57 Å². The molecule has 1 aliphatic rings. The van der Waals surface area contributed by atoms with Gasteiger partial charge in [-0.1, -0.05) is 12.1 Å². The molecular weight excluding hydrogens is 398 g/mol. The van der Waals surface area contributed by atoms with E-state index in [-0.39, 0.29) is 42.2 Å². The first-order chi connectivity index (χ1) is 13.8. The topological polar surface area (TPSA) is 121 Å². The number of esters is 1. The van der Waals surface area contributed by atoms with Gasteiger partial charge in [0, 0.05) is 26.2 Å². The van der Waals surface area contributed by atoms with Crippen LogP contribution in [0.5, 0.6) is 0 Å². The van der Waals surface area contributed by atoms with Crippen LogP contribution in [-0.2, 0) is 19.6 Å². The Hall–Kier alpha value is -3.16. The van der Waals surface area contributed by atoms with E-state index in [9.17, 15) is 18.0 Å². The molecule has 0 spiro atoms. The highest BCUT2D eigenvalue weighted by atomic mass is 32.2. The predicted octanol–water partition coefficient (Wildman–Crippen LogP) is 1.15. The normalized spacial score (nSPS) is 15.0. The second-order valence-corrected chi connectivity index (χ2v) is 8.27. The Morgan fingerprint density at radius 2 is 1.86 bits per heavy atom. The largest absolute Gasteiger partial charge is 0.469 e. The molecule has 0 saturated carbocycles. The van der Waals surface area contributed by atoms with Gasteiger partial charge in [-0.15, -0.1) is 0 Å². The molecule has 0 N–H and O–H groups in total. The van der Waals surface area contributed by atoms with Gasteiger partial charge in [0.1, 0.15) is 17.4 Å². The lowest BCUT2D eigenvalue weighted by atomic mass is 10.2. The first-order valence-electron chi connectivity index (χ1n) is 8.83. The van der Waals surface area contributed by atoms with E-state index < -0.39 is 28.5 Å². The van der Waals surface area contributed by atoms with Crippen molar-refractivity contribution in [3.8, 4) is 6.07 Å². The van der Waals surface area contributed by atoms with E-state index in [4.69, 9.17) is 14.4 Å². The summed E-state index contributed by atoms with van der Waals surface area (Å²) in [4.78, 5) is 25.6. The molecule has 0 radical (unpaired) electrons. The highest BCUT2D eigenvalue weighted by molar-refractivity contribution is 7.89. The molecular formula is C19H19N3O6S. The standard InChI is InChI=1S/C19H19N3O6S/c1-14-16(6-11-27-14)19(24)28-13-18(23)21-7-9-22(10-8-21)29(25,26)17-5-3-2-4-15(17)12-20/h2-6,11H,7-10,13H2,1H3. The number of sulfonamides is 1. The van der Waals surface area contributed by atoms with Gasteiger partial charge in [-0.05, 0) is 25.1 Å². The monoisotopic (exact) mass is 417 g/mol. The molecule has 0 aliphatic carbocycles. The number of piperazine rings is 1. The van der Waals surface area contributed by atoms with Crippen molar-refractivity contribution in [1.82, 2.24) is 9.21 Å². The lowest BCUT2D eigenvalue weighted by molar-refractivity contribution is -0.135. The maximum atomic E-state index is 12.8. The number of furan rings is 1. The van der Waals surface area contributed by atoms with Crippen molar-refractivity contribution < 1.29 is 27.2 Å². The van der Waals surface area contributed by atoms with Crippen LogP contribution < -0.4 is 0 Å². The Morgan fingerprint density at radius 1 is 1.17 bits per heavy atom. The van der Waals surface area contributed by atoms with E-state index >= 15 is 0 Å². The summed E-state index contributed by atoms with van der Waals surface area (Å²) in [5.74, 6) is -0.660. The van der Waals surface area contributed by atoms with Crippen molar-refractivity contribution in [2.75, 3.05) is 32.8 Å². The van der Waals surface area contributed by atoms with E-state index in [1.165, 1.54) is 33.7 Å². The van der Waals surface area contributed by atoms with Gasteiger partial charge in [-0.25, -0.2) is 13.2 Å². The number of ether oxygens (including phenoxy) is 1. The van der Waals surface area contributed by atoms with E-state index in [1.54, 1.807) is 19.1 Å². The SMILES string of the molecule is Cc1occc1C(=O)OCC(=O)N1CCN(S(=O)(=O)c2ccccc2C#N)CC1. The molecule has 0 bridgehead atoms. The van der Waals surface area contributed by atoms with Crippen LogP contribution in [-0.4, -0.2) is 62.3 Å². The minimum Gasteiger partial charge on any atom is -0.469 e. The van der Waals surface area contributed by atoms with Crippen molar-refractivity contribution in [2.24, 2.45) is 0 Å². The van der Waals surface area contributed by atoms with Crippen molar-refractivity contribution in [3.63, 3.8) is 0 Å². The lowest BCUT2D eigenvalue weighted by Gasteiger charge is -2.34. The zero-order valence-corrected chi connectivity index (χ0v) is 16.5. The van der Waals surface area contributed by atoms with Crippen LogP contribution in [0.15, 0.2) is 45.9 Å². The second-order valence-electron chi connectivity index (χ2n) is 6.36. The van der Waals surface area contributed by atoms with Gasteiger partial charge < -0.3 is 14.1 Å². The third kappa shape index (κ3) is 4.31. The summed E-state index contributed by atoms with van der Waals surface area (Å²) < 4.78 is 36.9. The minimum absolute atomic E-state index is 0.0494. The Bertz CT molecular complexity index is 1060. The Morgan fingerprint density at radius 3 is 2.48 bits per heavy atom. The quantitative estimate of drug-likeness (QED) is 0.669. The van der Waals surface area contributed by atoms with Gasteiger partial charge in [0.25, 0.3) is 5.91 Å². The molecule has 2 heterocycles. The molecule has 1 amide bonds. The van der Waals surface area contributed by atoms with E-state index in [1.807, 2.05) is 6.07 Å². The van der Waals surface area contributed by atoms with Crippen molar-refractivity contribution >= 4 is 21.9 Å². The molecule has 0 atom stereocenters. The van der Waals surface area contributed by atoms with Crippen LogP contribution in [0.1, 0.15) is 21.7 Å². The number of carbonyl (C=O) groups excluding carboxylic acids is 2. The Labute approximate surface area is 168 Å². The summed E-state index contributed by atoms with van der Waals surface area (Å²) in [6, 6.07) is 9.34. The van der Waals surface area contributed by atoms with Gasteiger partial charge in [-0.3, -0.25) is 4.79 Å². The summed E-state index contributed by atoms with van der Waals surface area (Å²) in [5.41, 5.74) is 0.331. The fraction of sp³-hybridized carbons (Fsp3) is 0.316. The first-order valence-corrected chi connectivity index (χ1v) is 10.3. The molecule has 1 aromatic carbocycles. The maximum absolute atomic E-state index is 12.8. The molecule has 152 valence electrons. The van der Waals surface area contributed by atoms with E-state index in [0.717, 1.165) is 0 Å². The zero-order valence-electron chi connectivity index (χ0n) is 15.7. The van der Waals surface area contributed by atoms with Crippen LogP contribution in [0, 0.1) is 18.3 Å². The van der Waals surface area contributed by atoms with Crippen molar-refractivity contribution in [1.29, 1.82) is 5.26 Å². The van der Waals surface area contributed by atoms with E-state index in [0.29, 0.717) is 5.76 Å². The summed E-state index contributed by atoms with van der Waals surface area (Å²) >= 11 is 0. The highest BCUT2D eigenvalue weighted by Gasteiger charge is 2.31. The molecule has 1 aliphatic heterocycles. The van der Waals surface area contributed by atoms with Gasteiger partial charge in [0.15, 0.2) is 6.61 Å². The third-order valence-corrected chi connectivity index (χ3v) is 6.58. The minimum atomic E-state index is -3.84. The summed E-state index contributed by atoms with van der Waals surface area (Å²) in [6.07, 6.45) is 1.36. The highest BCUT2D eigenvalue weighted by Crippen LogP contribution is 2.21. The van der Waals surface area contributed by atoms with Crippen LogP contribution in [0.3, 0.4) is 0 Å². The number of carbonyl (C=O) groups is 2. The fourth-order valence-electron chi connectivity index (χ4n) is 2.99. The van der Waals surface area contributed by atoms with Gasteiger partial charge in [0.05, 0.1) is 16.7 Å². The predicted molar refractivity (Wildman–Crippen MR) is 100 cm³/mol. The molecule has 9 nitrogen and oxygen atoms in total. The number of nitriles is 1. The number of benzene rings is 1. The molecule has 1 saturated heterocycles. The number of nitrogens with zero attached hydrogens (tertiary/aromatic N) is 3. The molecule has 1 fully saturated rings. The van der Waals surface area contributed by atoms with Crippen LogP contribution >= 0.6 is 0 Å².